The van der Waals surface area contributed by atoms with E-state index < -0.39 is 17.6 Å². The molecule has 174 valence electrons. The fourth-order valence-corrected chi connectivity index (χ4v) is 3.82. The zero-order valence-electron chi connectivity index (χ0n) is 17.1. The van der Waals surface area contributed by atoms with E-state index in [4.69, 9.17) is 27.9 Å². The smallest absolute Gasteiger partial charge is 0.416 e. The van der Waals surface area contributed by atoms with Crippen molar-refractivity contribution in [3.05, 3.63) is 96.5 Å². The molecular weight excluding hydrogens is 603 g/mol. The van der Waals surface area contributed by atoms with Gasteiger partial charge in [0, 0.05) is 5.69 Å². The van der Waals surface area contributed by atoms with Crippen LogP contribution in [0.1, 0.15) is 16.7 Å². The number of benzene rings is 3. The lowest BCUT2D eigenvalue weighted by Gasteiger charge is -2.10. The van der Waals surface area contributed by atoms with E-state index in [1.54, 1.807) is 42.5 Å². The minimum absolute atomic E-state index is 0.0680. The quantitative estimate of drug-likeness (QED) is 0.175. The Morgan fingerprint density at radius 1 is 1.09 bits per heavy atom. The largest absolute Gasteiger partial charge is 0.488 e. The molecule has 10 heteroatoms. The van der Waals surface area contributed by atoms with E-state index in [1.165, 1.54) is 18.2 Å². The molecule has 1 amide bonds. The van der Waals surface area contributed by atoms with Crippen LogP contribution in [-0.2, 0) is 17.6 Å². The van der Waals surface area contributed by atoms with E-state index in [-0.39, 0.29) is 17.9 Å². The molecule has 0 saturated heterocycles. The van der Waals surface area contributed by atoms with Crippen LogP contribution in [0.25, 0.3) is 6.08 Å². The number of nitrogens with zero attached hydrogens (tertiary/aromatic N) is 1. The van der Waals surface area contributed by atoms with Gasteiger partial charge < -0.3 is 10.1 Å². The summed E-state index contributed by atoms with van der Waals surface area (Å²) < 4.78 is 45.2. The maximum Gasteiger partial charge on any atom is 0.416 e. The van der Waals surface area contributed by atoms with Gasteiger partial charge in [-0.2, -0.15) is 18.4 Å². The summed E-state index contributed by atoms with van der Waals surface area (Å²) in [4.78, 5) is 12.4. The molecule has 0 aliphatic heterocycles. The van der Waals surface area contributed by atoms with E-state index in [1.807, 2.05) is 0 Å². The van der Waals surface area contributed by atoms with Gasteiger partial charge in [0.25, 0.3) is 5.91 Å². The van der Waals surface area contributed by atoms with Crippen LogP contribution >= 0.6 is 45.8 Å². The zero-order chi connectivity index (χ0) is 24.9. The summed E-state index contributed by atoms with van der Waals surface area (Å²) in [7, 11) is 0. The van der Waals surface area contributed by atoms with E-state index in [0.29, 0.717) is 21.4 Å². The predicted molar refractivity (Wildman–Crippen MR) is 134 cm³/mol. The molecule has 0 fully saturated rings. The van der Waals surface area contributed by atoms with E-state index in [0.717, 1.165) is 21.3 Å². The second-order valence-corrected chi connectivity index (χ2v) is 8.91. The lowest BCUT2D eigenvalue weighted by Crippen LogP contribution is -2.14. The van der Waals surface area contributed by atoms with Gasteiger partial charge in [0.15, 0.2) is 0 Å². The molecule has 0 radical (unpaired) electrons. The number of carbonyl (C=O) groups is 1. The van der Waals surface area contributed by atoms with Crippen LogP contribution in [-0.4, -0.2) is 5.91 Å². The van der Waals surface area contributed by atoms with Crippen molar-refractivity contribution in [1.29, 1.82) is 5.26 Å². The number of hydrogen-bond acceptors (Lipinski definition) is 3. The number of anilines is 1. The topological polar surface area (TPSA) is 62.1 Å². The maximum absolute atomic E-state index is 12.9. The van der Waals surface area contributed by atoms with E-state index in [2.05, 4.69) is 27.9 Å². The minimum Gasteiger partial charge on any atom is -0.488 e. The molecule has 0 saturated carbocycles. The highest BCUT2D eigenvalue weighted by atomic mass is 127. The molecular formula is C24H14Cl2F3IN2O2. The van der Waals surface area contributed by atoms with Crippen molar-refractivity contribution in [2.45, 2.75) is 12.8 Å². The monoisotopic (exact) mass is 616 g/mol. The molecule has 0 unspecified atom stereocenters. The van der Waals surface area contributed by atoms with Crippen LogP contribution in [0.3, 0.4) is 0 Å². The molecule has 1 N–H and O–H groups in total. The standard InChI is InChI=1S/C24H14Cl2F3IN2O2/c25-19-6-4-15(9-20(19)26)13-34-22-7-5-14(10-21(22)30)8-16(12-31)23(33)32-18-3-1-2-17(11-18)24(27,28)29/h1-11H,13H2,(H,32,33)/b16-8-. The number of ether oxygens (including phenoxy) is 1. The lowest BCUT2D eigenvalue weighted by molar-refractivity contribution is -0.137. The highest BCUT2D eigenvalue weighted by Gasteiger charge is 2.30. The third-order valence-corrected chi connectivity index (χ3v) is 6.04. The van der Waals surface area contributed by atoms with E-state index in [9.17, 15) is 23.2 Å². The highest BCUT2D eigenvalue weighted by molar-refractivity contribution is 14.1. The number of nitriles is 1. The molecule has 0 spiro atoms. The Bertz CT molecular complexity index is 1300. The Morgan fingerprint density at radius 2 is 1.85 bits per heavy atom. The third kappa shape index (κ3) is 6.88. The summed E-state index contributed by atoms with van der Waals surface area (Å²) in [6.07, 6.45) is -3.21. The number of amides is 1. The Labute approximate surface area is 217 Å². The summed E-state index contributed by atoms with van der Waals surface area (Å²) in [6, 6.07) is 16.2. The number of nitrogens with one attached hydrogen (secondary N) is 1. The molecule has 0 heterocycles. The van der Waals surface area contributed by atoms with Crippen molar-refractivity contribution >= 4 is 63.5 Å². The van der Waals surface area contributed by atoms with Gasteiger partial charge in [-0.25, -0.2) is 0 Å². The minimum atomic E-state index is -4.55. The summed E-state index contributed by atoms with van der Waals surface area (Å²) >= 11 is 14.0. The van der Waals surface area contributed by atoms with Crippen molar-refractivity contribution in [3.63, 3.8) is 0 Å². The Kier molecular flexibility index (Phi) is 8.47. The number of alkyl halides is 3. The van der Waals surface area contributed by atoms with Crippen LogP contribution in [0.2, 0.25) is 10.0 Å². The van der Waals surface area contributed by atoms with Crippen molar-refractivity contribution < 1.29 is 22.7 Å². The predicted octanol–water partition coefficient (Wildman–Crippen LogP) is 7.74. The van der Waals surface area contributed by atoms with Gasteiger partial charge in [0.1, 0.15) is 24.0 Å². The second-order valence-electron chi connectivity index (χ2n) is 6.93. The van der Waals surface area contributed by atoms with Gasteiger partial charge in [-0.1, -0.05) is 41.4 Å². The van der Waals surface area contributed by atoms with E-state index >= 15 is 0 Å². The van der Waals surface area contributed by atoms with Crippen LogP contribution in [0.5, 0.6) is 5.75 Å². The molecule has 0 aliphatic carbocycles. The summed E-state index contributed by atoms with van der Waals surface area (Å²) in [6.45, 7) is 0.255. The van der Waals surface area contributed by atoms with Crippen molar-refractivity contribution in [2.75, 3.05) is 5.32 Å². The van der Waals surface area contributed by atoms with Gasteiger partial charge in [-0.05, 0) is 82.3 Å². The molecule has 0 bridgehead atoms. The average Bonchev–Trinajstić information content (AvgIpc) is 2.78. The van der Waals surface area contributed by atoms with Crippen molar-refractivity contribution in [3.8, 4) is 11.8 Å². The molecule has 3 aromatic rings. The van der Waals surface area contributed by atoms with Crippen LogP contribution in [0, 0.1) is 14.9 Å². The molecule has 4 nitrogen and oxygen atoms in total. The molecule has 0 aliphatic rings. The van der Waals surface area contributed by atoms with Gasteiger partial charge in [0.05, 0.1) is 19.2 Å². The van der Waals surface area contributed by atoms with Crippen LogP contribution < -0.4 is 10.1 Å². The fourth-order valence-electron chi connectivity index (χ4n) is 2.80. The molecule has 3 rings (SSSR count). The Hall–Kier alpha value is -2.74. The van der Waals surface area contributed by atoms with Gasteiger partial charge in [-0.3, -0.25) is 4.79 Å². The summed E-state index contributed by atoms with van der Waals surface area (Å²) in [5.74, 6) is -0.243. The summed E-state index contributed by atoms with van der Waals surface area (Å²) in [5, 5.41) is 12.6. The summed E-state index contributed by atoms with van der Waals surface area (Å²) in [5.41, 5.74) is 0.132. The first kappa shape index (κ1) is 25.9. The number of halogens is 6. The molecule has 3 aromatic carbocycles. The normalized spacial score (nSPS) is 11.6. The van der Waals surface area contributed by atoms with Crippen LogP contribution in [0.4, 0.5) is 18.9 Å². The van der Waals surface area contributed by atoms with Crippen molar-refractivity contribution in [2.24, 2.45) is 0 Å². The third-order valence-electron chi connectivity index (χ3n) is 4.46. The Morgan fingerprint density at radius 3 is 2.50 bits per heavy atom. The molecule has 34 heavy (non-hydrogen) atoms. The van der Waals surface area contributed by atoms with Crippen LogP contribution in [0.15, 0.2) is 66.2 Å². The van der Waals surface area contributed by atoms with Gasteiger partial charge >= 0.3 is 6.18 Å². The van der Waals surface area contributed by atoms with Gasteiger partial charge in [-0.15, -0.1) is 0 Å². The second kappa shape index (κ2) is 11.1. The first-order valence-corrected chi connectivity index (χ1v) is 11.4. The van der Waals surface area contributed by atoms with Crippen molar-refractivity contribution in [1.82, 2.24) is 0 Å². The van der Waals surface area contributed by atoms with Gasteiger partial charge in [0.2, 0.25) is 0 Å². The Balaban J connectivity index is 1.72. The average molecular weight is 617 g/mol. The first-order valence-electron chi connectivity index (χ1n) is 9.53. The first-order chi connectivity index (χ1) is 16.1. The maximum atomic E-state index is 12.9. The number of carbonyl (C=O) groups excluding carboxylic acids is 1. The molecule has 0 atom stereocenters. The molecule has 0 aromatic heterocycles. The number of hydrogen-bond donors (Lipinski definition) is 1. The zero-order valence-corrected chi connectivity index (χ0v) is 20.8. The highest BCUT2D eigenvalue weighted by Crippen LogP contribution is 2.31. The number of rotatable bonds is 6. The SMILES string of the molecule is N#C/C(=C/c1ccc(OCc2ccc(Cl)c(Cl)c2)c(I)c1)C(=O)Nc1cccc(C(F)(F)F)c1. The lowest BCUT2D eigenvalue weighted by atomic mass is 10.1. The fraction of sp³-hybridized carbons (Fsp3) is 0.0833.